The number of anilines is 1. The fraction of sp³-hybridized carbons (Fsp3) is 0.297. The van der Waals surface area contributed by atoms with E-state index in [0.717, 1.165) is 35.6 Å². The molecule has 0 spiro atoms. The quantitative estimate of drug-likeness (QED) is 0.214. The van der Waals surface area contributed by atoms with Crippen LogP contribution >= 0.6 is 0 Å². The number of carbonyl (C=O) groups is 2. The van der Waals surface area contributed by atoms with E-state index in [1.807, 2.05) is 30.3 Å². The number of carbonyl (C=O) groups excluding carboxylic acids is 2. The molecule has 4 aromatic rings. The van der Waals surface area contributed by atoms with Crippen molar-refractivity contribution in [3.63, 3.8) is 0 Å². The molecule has 1 aliphatic carbocycles. The summed E-state index contributed by atoms with van der Waals surface area (Å²) >= 11 is 0. The third-order valence-corrected chi connectivity index (χ3v) is 10.5. The summed E-state index contributed by atoms with van der Waals surface area (Å²) in [5, 5.41) is 3.15. The van der Waals surface area contributed by atoms with Crippen molar-refractivity contribution in [2.24, 2.45) is 0 Å². The molecule has 1 fully saturated rings. The maximum absolute atomic E-state index is 14.6. The summed E-state index contributed by atoms with van der Waals surface area (Å²) in [6, 6.07) is 26.7. The molecule has 6 rings (SSSR count). The number of fused-ring (bicyclic) bond motifs is 1. The molecule has 0 unspecified atom stereocenters. The Hall–Kier alpha value is -4.90. The Kier molecular flexibility index (Phi) is 10.2. The standard InChI is InChI=1S/C37H38FN3O6S/c38-29-17-15-28(16-18-29)25-40(33(23-27-9-3-1-4-10-27)37(43)39-30-11-7-8-12-30)36(42)26-41(48(44,45)32-13-5-2-6-14-32)31-19-20-34-35(24-31)47-22-21-46-34/h1-6,9-10,13-20,24,30,33H,7-8,11-12,21-23,25-26H2,(H,39,43)/t33-/m0/s1. The van der Waals surface area contributed by atoms with Crippen molar-refractivity contribution in [1.82, 2.24) is 10.2 Å². The molecule has 9 nitrogen and oxygen atoms in total. The molecular formula is C37H38FN3O6S. The van der Waals surface area contributed by atoms with Crippen LogP contribution in [0.1, 0.15) is 36.8 Å². The molecule has 1 heterocycles. The van der Waals surface area contributed by atoms with Gasteiger partial charge < -0.3 is 19.7 Å². The Labute approximate surface area is 280 Å². The largest absolute Gasteiger partial charge is 0.486 e. The van der Waals surface area contributed by atoms with Crippen LogP contribution in [0.5, 0.6) is 11.5 Å². The zero-order chi connectivity index (χ0) is 33.5. The van der Waals surface area contributed by atoms with E-state index in [9.17, 15) is 22.4 Å². The Bertz CT molecular complexity index is 1820. The SMILES string of the molecule is O=C(NC1CCCC1)[C@H](Cc1ccccc1)N(Cc1ccc(F)cc1)C(=O)CN(c1ccc2c(c1)OCCO2)S(=O)(=O)c1ccccc1. The van der Waals surface area contributed by atoms with Crippen LogP contribution in [0.3, 0.4) is 0 Å². The monoisotopic (exact) mass is 671 g/mol. The lowest BCUT2D eigenvalue weighted by molar-refractivity contribution is -0.140. The highest BCUT2D eigenvalue weighted by molar-refractivity contribution is 7.92. The highest BCUT2D eigenvalue weighted by Crippen LogP contribution is 2.36. The summed E-state index contributed by atoms with van der Waals surface area (Å²) in [6.07, 6.45) is 3.91. The number of ether oxygens (including phenoxy) is 2. The number of hydrogen-bond acceptors (Lipinski definition) is 6. The normalized spacial score (nSPS) is 15.0. The van der Waals surface area contributed by atoms with Crippen LogP contribution in [0, 0.1) is 5.82 Å². The van der Waals surface area contributed by atoms with Gasteiger partial charge in [-0.3, -0.25) is 13.9 Å². The van der Waals surface area contributed by atoms with Gasteiger partial charge in [0.25, 0.3) is 10.0 Å². The average molecular weight is 672 g/mol. The highest BCUT2D eigenvalue weighted by atomic mass is 32.2. The molecule has 11 heteroatoms. The summed E-state index contributed by atoms with van der Waals surface area (Å²) in [6.45, 7) is -0.000400. The Morgan fingerprint density at radius 1 is 0.812 bits per heavy atom. The molecule has 1 saturated carbocycles. The van der Waals surface area contributed by atoms with Crippen molar-refractivity contribution < 1.29 is 31.9 Å². The zero-order valence-electron chi connectivity index (χ0n) is 26.5. The van der Waals surface area contributed by atoms with E-state index in [2.05, 4.69) is 5.32 Å². The Morgan fingerprint density at radius 3 is 2.15 bits per heavy atom. The minimum atomic E-state index is -4.27. The van der Waals surface area contributed by atoms with Gasteiger partial charge in [0.1, 0.15) is 31.6 Å². The maximum atomic E-state index is 14.6. The number of amides is 2. The zero-order valence-corrected chi connectivity index (χ0v) is 27.3. The van der Waals surface area contributed by atoms with Gasteiger partial charge in [-0.2, -0.15) is 0 Å². The number of rotatable bonds is 12. The molecule has 1 N–H and O–H groups in total. The van der Waals surface area contributed by atoms with Crippen LogP contribution < -0.4 is 19.1 Å². The van der Waals surface area contributed by atoms with Crippen LogP contribution in [-0.2, 0) is 32.6 Å². The molecular weight excluding hydrogens is 633 g/mol. The first kappa shape index (κ1) is 33.0. The van der Waals surface area contributed by atoms with Crippen LogP contribution in [0.4, 0.5) is 10.1 Å². The minimum absolute atomic E-state index is 0.00224. The molecule has 2 aliphatic rings. The number of halogens is 1. The molecule has 0 aromatic heterocycles. The third kappa shape index (κ3) is 7.79. The van der Waals surface area contributed by atoms with Gasteiger partial charge in [-0.15, -0.1) is 0 Å². The molecule has 0 radical (unpaired) electrons. The summed E-state index contributed by atoms with van der Waals surface area (Å²) in [5.41, 5.74) is 1.63. The average Bonchev–Trinajstić information content (AvgIpc) is 3.63. The first-order chi connectivity index (χ1) is 23.3. The van der Waals surface area contributed by atoms with Crippen molar-refractivity contribution in [2.75, 3.05) is 24.1 Å². The van der Waals surface area contributed by atoms with E-state index < -0.39 is 34.3 Å². The second-order valence-electron chi connectivity index (χ2n) is 12.0. The van der Waals surface area contributed by atoms with E-state index in [4.69, 9.17) is 9.47 Å². The maximum Gasteiger partial charge on any atom is 0.264 e. The van der Waals surface area contributed by atoms with Gasteiger partial charge in [0.15, 0.2) is 11.5 Å². The smallest absolute Gasteiger partial charge is 0.264 e. The summed E-state index contributed by atoms with van der Waals surface area (Å²) in [5.74, 6) is -0.525. The molecule has 1 atom stereocenters. The van der Waals surface area contributed by atoms with E-state index in [1.165, 1.54) is 29.2 Å². The minimum Gasteiger partial charge on any atom is -0.486 e. The topological polar surface area (TPSA) is 105 Å². The second kappa shape index (κ2) is 14.9. The predicted octanol–water partition coefficient (Wildman–Crippen LogP) is 5.49. The molecule has 0 bridgehead atoms. The lowest BCUT2D eigenvalue weighted by Crippen LogP contribution is -2.54. The number of nitrogens with zero attached hydrogens (tertiary/aromatic N) is 2. The summed E-state index contributed by atoms with van der Waals surface area (Å²) < 4.78 is 54.8. The lowest BCUT2D eigenvalue weighted by Gasteiger charge is -2.34. The van der Waals surface area contributed by atoms with Crippen LogP contribution in [0.15, 0.2) is 108 Å². The van der Waals surface area contributed by atoms with Crippen LogP contribution in [0.25, 0.3) is 0 Å². The molecule has 1 aliphatic heterocycles. The number of sulfonamides is 1. The van der Waals surface area contributed by atoms with Crippen molar-refractivity contribution >= 4 is 27.5 Å². The van der Waals surface area contributed by atoms with Crippen LogP contribution in [0.2, 0.25) is 0 Å². The molecule has 48 heavy (non-hydrogen) atoms. The fourth-order valence-corrected chi connectivity index (χ4v) is 7.57. The second-order valence-corrected chi connectivity index (χ2v) is 13.9. The number of hydrogen-bond donors (Lipinski definition) is 1. The number of benzene rings is 4. The highest BCUT2D eigenvalue weighted by Gasteiger charge is 2.36. The third-order valence-electron chi connectivity index (χ3n) is 8.66. The van der Waals surface area contributed by atoms with Gasteiger partial charge >= 0.3 is 0 Å². The van der Waals surface area contributed by atoms with E-state index in [-0.39, 0.29) is 35.5 Å². The van der Waals surface area contributed by atoms with E-state index in [1.54, 1.807) is 48.5 Å². The summed E-state index contributed by atoms with van der Waals surface area (Å²) in [4.78, 5) is 30.2. The fourth-order valence-electron chi connectivity index (χ4n) is 6.14. The first-order valence-electron chi connectivity index (χ1n) is 16.1. The van der Waals surface area contributed by atoms with Crippen molar-refractivity contribution in [3.8, 4) is 11.5 Å². The molecule has 0 saturated heterocycles. The van der Waals surface area contributed by atoms with Crippen molar-refractivity contribution in [3.05, 3.63) is 120 Å². The molecule has 2 amide bonds. The van der Waals surface area contributed by atoms with Crippen molar-refractivity contribution in [2.45, 2.75) is 55.6 Å². The van der Waals surface area contributed by atoms with E-state index in [0.29, 0.717) is 30.3 Å². The summed E-state index contributed by atoms with van der Waals surface area (Å²) in [7, 11) is -4.27. The molecule has 250 valence electrons. The Morgan fingerprint density at radius 2 is 1.46 bits per heavy atom. The van der Waals surface area contributed by atoms with Gasteiger partial charge in [0.05, 0.1) is 10.6 Å². The van der Waals surface area contributed by atoms with Crippen molar-refractivity contribution in [1.29, 1.82) is 0 Å². The van der Waals surface area contributed by atoms with Gasteiger partial charge in [-0.25, -0.2) is 12.8 Å². The van der Waals surface area contributed by atoms with Gasteiger partial charge in [0.2, 0.25) is 11.8 Å². The van der Waals surface area contributed by atoms with Gasteiger partial charge in [-0.05, 0) is 60.4 Å². The molecule has 4 aromatic carbocycles. The lowest BCUT2D eigenvalue weighted by atomic mass is 10.0. The van der Waals surface area contributed by atoms with Gasteiger partial charge in [0, 0.05) is 25.1 Å². The van der Waals surface area contributed by atoms with Gasteiger partial charge in [-0.1, -0.05) is 73.5 Å². The Balaban J connectivity index is 1.40. The number of nitrogens with one attached hydrogen (secondary N) is 1. The van der Waals surface area contributed by atoms with Crippen LogP contribution in [-0.4, -0.2) is 57.0 Å². The predicted molar refractivity (Wildman–Crippen MR) is 180 cm³/mol. The van der Waals surface area contributed by atoms with E-state index >= 15 is 0 Å². The first-order valence-corrected chi connectivity index (χ1v) is 17.6.